The fraction of sp³-hybridized carbons (Fsp3) is 0.900. The highest BCUT2D eigenvalue weighted by molar-refractivity contribution is 5.87. The molecule has 68 valence electrons. The molecule has 0 amide bonds. The van der Waals surface area contributed by atoms with E-state index < -0.39 is 0 Å². The highest BCUT2D eigenvalue weighted by Gasteiger charge is 2.48. The highest BCUT2D eigenvalue weighted by atomic mass is 16.1. The topological polar surface area (TPSA) is 43.1 Å². The molecule has 0 bridgehead atoms. The smallest absolute Gasteiger partial charge is 0.140 e. The Morgan fingerprint density at radius 3 is 2.42 bits per heavy atom. The Labute approximate surface area is 73.5 Å². The van der Waals surface area contributed by atoms with Crippen molar-refractivity contribution in [1.29, 1.82) is 0 Å². The van der Waals surface area contributed by atoms with Crippen molar-refractivity contribution in [1.82, 2.24) is 0 Å². The molecule has 0 aromatic carbocycles. The van der Waals surface area contributed by atoms with Gasteiger partial charge in [-0.2, -0.15) is 0 Å². The lowest BCUT2D eigenvalue weighted by molar-refractivity contribution is -0.125. The van der Waals surface area contributed by atoms with Gasteiger partial charge in [0.05, 0.1) is 0 Å². The van der Waals surface area contributed by atoms with Gasteiger partial charge in [-0.1, -0.05) is 19.3 Å². The minimum Gasteiger partial charge on any atom is -0.329 e. The maximum Gasteiger partial charge on any atom is 0.140 e. The van der Waals surface area contributed by atoms with Crippen LogP contribution in [0.5, 0.6) is 0 Å². The summed E-state index contributed by atoms with van der Waals surface area (Å²) >= 11 is 0. The third-order valence-corrected chi connectivity index (χ3v) is 3.53. The quantitative estimate of drug-likeness (QED) is 0.689. The molecule has 0 aromatic rings. The van der Waals surface area contributed by atoms with E-state index in [4.69, 9.17) is 5.73 Å². The van der Waals surface area contributed by atoms with E-state index in [1.165, 1.54) is 19.3 Å². The maximum atomic E-state index is 11.7. The van der Waals surface area contributed by atoms with Gasteiger partial charge >= 0.3 is 0 Å². The third-order valence-electron chi connectivity index (χ3n) is 3.53. The first-order valence-corrected chi connectivity index (χ1v) is 5.00. The Morgan fingerprint density at radius 1 is 1.42 bits per heavy atom. The van der Waals surface area contributed by atoms with Gasteiger partial charge in [0.1, 0.15) is 5.78 Å². The average molecular weight is 167 g/mol. The second-order valence-electron chi connectivity index (χ2n) is 4.41. The fourth-order valence-electron chi connectivity index (χ4n) is 1.92. The molecule has 0 spiro atoms. The van der Waals surface area contributed by atoms with Crippen molar-refractivity contribution in [2.24, 2.45) is 17.1 Å². The first-order valence-electron chi connectivity index (χ1n) is 5.00. The van der Waals surface area contributed by atoms with Gasteiger partial charge < -0.3 is 5.73 Å². The molecule has 2 nitrogen and oxygen atoms in total. The molecule has 0 radical (unpaired) electrons. The molecule has 12 heavy (non-hydrogen) atoms. The molecule has 2 rings (SSSR count). The first-order chi connectivity index (χ1) is 5.77. The summed E-state index contributed by atoms with van der Waals surface area (Å²) in [6.45, 7) is 0.582. The standard InChI is InChI=1S/C10H17NO/c11-7-10(4-5-10)9(12)6-8-2-1-3-8/h8H,1-7,11H2. The Kier molecular flexibility index (Phi) is 1.95. The van der Waals surface area contributed by atoms with Crippen LogP contribution in [0.25, 0.3) is 0 Å². The predicted molar refractivity (Wildman–Crippen MR) is 47.7 cm³/mol. The molecule has 0 aliphatic heterocycles. The van der Waals surface area contributed by atoms with Crippen LogP contribution in [0.15, 0.2) is 0 Å². The van der Waals surface area contributed by atoms with Crippen molar-refractivity contribution in [3.8, 4) is 0 Å². The van der Waals surface area contributed by atoms with Crippen LogP contribution in [-0.4, -0.2) is 12.3 Å². The number of hydrogen-bond acceptors (Lipinski definition) is 2. The van der Waals surface area contributed by atoms with Crippen LogP contribution < -0.4 is 5.73 Å². The average Bonchev–Trinajstić information content (AvgIpc) is 2.76. The Bertz CT molecular complexity index is 192. The monoisotopic (exact) mass is 167 g/mol. The summed E-state index contributed by atoms with van der Waals surface area (Å²) in [5, 5.41) is 0. The second kappa shape index (κ2) is 2.84. The normalized spacial score (nSPS) is 26.4. The molecule has 0 aromatic heterocycles. The van der Waals surface area contributed by atoms with Gasteiger partial charge in [-0.05, 0) is 18.8 Å². The van der Waals surface area contributed by atoms with Crippen molar-refractivity contribution in [3.05, 3.63) is 0 Å². The van der Waals surface area contributed by atoms with Crippen LogP contribution in [0.2, 0.25) is 0 Å². The minimum absolute atomic E-state index is 0.0460. The van der Waals surface area contributed by atoms with E-state index in [-0.39, 0.29) is 5.41 Å². The number of hydrogen-bond donors (Lipinski definition) is 1. The van der Waals surface area contributed by atoms with Crippen LogP contribution in [0, 0.1) is 11.3 Å². The van der Waals surface area contributed by atoms with Crippen LogP contribution in [0.4, 0.5) is 0 Å². The number of rotatable bonds is 4. The summed E-state index contributed by atoms with van der Waals surface area (Å²) in [4.78, 5) is 11.7. The van der Waals surface area contributed by atoms with Gasteiger partial charge in [0.25, 0.3) is 0 Å². The Hall–Kier alpha value is -0.370. The SMILES string of the molecule is NCC1(C(=O)CC2CCC2)CC1. The minimum atomic E-state index is -0.0460. The van der Waals surface area contributed by atoms with E-state index in [9.17, 15) is 4.79 Å². The fourth-order valence-corrected chi connectivity index (χ4v) is 1.92. The van der Waals surface area contributed by atoms with E-state index in [0.29, 0.717) is 18.2 Å². The summed E-state index contributed by atoms with van der Waals surface area (Å²) in [5.74, 6) is 1.16. The van der Waals surface area contributed by atoms with Gasteiger partial charge in [-0.25, -0.2) is 0 Å². The summed E-state index contributed by atoms with van der Waals surface area (Å²) in [6, 6.07) is 0. The third kappa shape index (κ3) is 1.28. The van der Waals surface area contributed by atoms with Gasteiger partial charge in [0.2, 0.25) is 0 Å². The lowest BCUT2D eigenvalue weighted by atomic mass is 9.79. The van der Waals surface area contributed by atoms with E-state index in [1.807, 2.05) is 0 Å². The number of carbonyl (C=O) groups is 1. The molecular formula is C10H17NO. The van der Waals surface area contributed by atoms with Gasteiger partial charge in [-0.15, -0.1) is 0 Å². The number of Topliss-reactive ketones (excluding diaryl/α,β-unsaturated/α-hetero) is 1. The number of ketones is 1. The molecule has 2 aliphatic carbocycles. The van der Waals surface area contributed by atoms with E-state index in [1.54, 1.807) is 0 Å². The molecule has 2 fully saturated rings. The molecule has 0 atom stereocenters. The summed E-state index contributed by atoms with van der Waals surface area (Å²) in [6.07, 6.45) is 6.79. The van der Waals surface area contributed by atoms with Crippen molar-refractivity contribution < 1.29 is 4.79 Å². The molecule has 2 saturated carbocycles. The van der Waals surface area contributed by atoms with Crippen LogP contribution in [0.1, 0.15) is 38.5 Å². The second-order valence-corrected chi connectivity index (χ2v) is 4.41. The molecular weight excluding hydrogens is 150 g/mol. The highest BCUT2D eigenvalue weighted by Crippen LogP contribution is 2.47. The molecule has 2 N–H and O–H groups in total. The van der Waals surface area contributed by atoms with Crippen LogP contribution in [0.3, 0.4) is 0 Å². The van der Waals surface area contributed by atoms with Crippen LogP contribution in [-0.2, 0) is 4.79 Å². The molecule has 2 heteroatoms. The van der Waals surface area contributed by atoms with Crippen molar-refractivity contribution >= 4 is 5.78 Å². The first kappa shape index (κ1) is 8.24. The van der Waals surface area contributed by atoms with Crippen LogP contribution >= 0.6 is 0 Å². The van der Waals surface area contributed by atoms with Gasteiger partial charge in [-0.3, -0.25) is 4.79 Å². The lowest BCUT2D eigenvalue weighted by Gasteiger charge is -2.26. The molecule has 0 heterocycles. The van der Waals surface area contributed by atoms with Crippen molar-refractivity contribution in [2.75, 3.05) is 6.54 Å². The Balaban J connectivity index is 1.83. The lowest BCUT2D eigenvalue weighted by Crippen LogP contribution is -2.28. The van der Waals surface area contributed by atoms with Crippen molar-refractivity contribution in [3.63, 3.8) is 0 Å². The number of carbonyl (C=O) groups excluding carboxylic acids is 1. The summed E-state index contributed by atoms with van der Waals surface area (Å²) in [7, 11) is 0. The molecule has 0 saturated heterocycles. The zero-order valence-electron chi connectivity index (χ0n) is 7.51. The summed E-state index contributed by atoms with van der Waals surface area (Å²) in [5.41, 5.74) is 5.54. The van der Waals surface area contributed by atoms with Gasteiger partial charge in [0, 0.05) is 18.4 Å². The van der Waals surface area contributed by atoms with E-state index >= 15 is 0 Å². The predicted octanol–water partition coefficient (Wildman–Crippen LogP) is 1.48. The zero-order chi connectivity index (χ0) is 8.60. The molecule has 0 unspecified atom stereocenters. The van der Waals surface area contributed by atoms with Gasteiger partial charge in [0.15, 0.2) is 0 Å². The Morgan fingerprint density at radius 2 is 2.08 bits per heavy atom. The zero-order valence-corrected chi connectivity index (χ0v) is 7.51. The molecule has 2 aliphatic rings. The number of nitrogens with two attached hydrogens (primary N) is 1. The maximum absolute atomic E-state index is 11.7. The van der Waals surface area contributed by atoms with E-state index in [0.717, 1.165) is 19.3 Å². The van der Waals surface area contributed by atoms with E-state index in [2.05, 4.69) is 0 Å². The van der Waals surface area contributed by atoms with Crippen molar-refractivity contribution in [2.45, 2.75) is 38.5 Å². The largest absolute Gasteiger partial charge is 0.329 e. The summed E-state index contributed by atoms with van der Waals surface area (Å²) < 4.78 is 0.